The van der Waals surface area contributed by atoms with Gasteiger partial charge in [0.15, 0.2) is 24.4 Å². The lowest BCUT2D eigenvalue weighted by Gasteiger charge is -2.39. The number of aryl methyl sites for hydroxylation is 3. The molecular weight excluding hydrogens is 864 g/mol. The fraction of sp³-hybridized carbons (Fsp3) is 0.0526. The van der Waals surface area contributed by atoms with Crippen LogP contribution in [0.3, 0.4) is 0 Å². The Morgan fingerprint density at radius 2 is 0.618 bits per heavy atom. The van der Waals surface area contributed by atoms with E-state index in [9.17, 15) is 0 Å². The highest BCUT2D eigenvalue weighted by Crippen LogP contribution is 2.65. The standard InChI is InChI=1S/C57H33N6O4P/c1-34-4-19-43(58-28-34)46-22-10-37(31-61-46)7-13-40-16-25-49-55-52(40)65-50-26-17-41(14-8-38-11-23-47(62-32-38)44-20-5-35(2)29-59-44)53-56(50)68(55,64)57-51(67-53)27-18-42(54(57)66-49)15-9-39-12-24-48(63-33-39)45-21-6-36(3)30-60-45/h4-6,10-12,16-33H,1-3H3. The molecule has 0 saturated heterocycles. The lowest BCUT2D eigenvalue weighted by atomic mass is 10.1. The molecule has 0 amide bonds. The zero-order valence-corrected chi connectivity index (χ0v) is 37.5. The summed E-state index contributed by atoms with van der Waals surface area (Å²) in [6.07, 6.45) is 10.6. The number of hydrogen-bond donors (Lipinski definition) is 0. The molecule has 68 heavy (non-hydrogen) atoms. The van der Waals surface area contributed by atoms with Crippen LogP contribution in [-0.4, -0.2) is 29.9 Å². The van der Waals surface area contributed by atoms with Gasteiger partial charge in [0, 0.05) is 53.9 Å². The van der Waals surface area contributed by atoms with E-state index >= 15 is 4.57 Å². The van der Waals surface area contributed by atoms with Crippen molar-refractivity contribution in [2.24, 2.45) is 0 Å². The second-order valence-corrected chi connectivity index (χ2v) is 19.1. The average Bonchev–Trinajstić information content (AvgIpc) is 3.36. The molecule has 0 unspecified atom stereocenters. The van der Waals surface area contributed by atoms with E-state index in [1.807, 2.05) is 130 Å². The molecule has 11 heteroatoms. The van der Waals surface area contributed by atoms with Gasteiger partial charge in [0.25, 0.3) is 0 Å². The Labute approximate surface area is 391 Å². The summed E-state index contributed by atoms with van der Waals surface area (Å²) in [7, 11) is -3.82. The molecule has 12 rings (SSSR count). The maximum absolute atomic E-state index is 16.6. The van der Waals surface area contributed by atoms with E-state index in [0.717, 1.165) is 50.9 Å². The number of pyridine rings is 6. The van der Waals surface area contributed by atoms with Gasteiger partial charge in [0.05, 0.1) is 50.9 Å². The van der Waals surface area contributed by atoms with Crippen LogP contribution in [0, 0.1) is 56.3 Å². The summed E-state index contributed by atoms with van der Waals surface area (Å²) >= 11 is 0. The van der Waals surface area contributed by atoms with Gasteiger partial charge in [-0.3, -0.25) is 29.9 Å². The number of rotatable bonds is 3. The van der Waals surface area contributed by atoms with Gasteiger partial charge in [-0.1, -0.05) is 53.7 Å². The molecule has 0 bridgehead atoms. The quantitative estimate of drug-likeness (QED) is 0.125. The second-order valence-electron chi connectivity index (χ2n) is 16.5. The number of nitrogens with zero attached hydrogens (tertiary/aromatic N) is 6. The van der Waals surface area contributed by atoms with Gasteiger partial charge in [-0.2, -0.15) is 0 Å². The maximum Gasteiger partial charge on any atom is 0.193 e. The van der Waals surface area contributed by atoms with E-state index in [2.05, 4.69) is 65.4 Å². The fourth-order valence-electron chi connectivity index (χ4n) is 8.21. The molecule has 0 N–H and O–H groups in total. The van der Waals surface area contributed by atoms with Crippen LogP contribution in [0.25, 0.3) is 34.2 Å². The van der Waals surface area contributed by atoms with Crippen molar-refractivity contribution >= 4 is 23.1 Å². The third-order valence-electron chi connectivity index (χ3n) is 11.7. The number of aromatic nitrogens is 6. The monoisotopic (exact) mass is 896 g/mol. The lowest BCUT2D eigenvalue weighted by molar-refractivity contribution is 0.438. The van der Waals surface area contributed by atoms with Crippen molar-refractivity contribution in [3.8, 4) is 104 Å². The van der Waals surface area contributed by atoms with Crippen LogP contribution >= 0.6 is 7.14 Å². The van der Waals surface area contributed by atoms with Crippen LogP contribution < -0.4 is 30.1 Å². The third kappa shape index (κ3) is 7.03. The molecule has 6 aromatic heterocycles. The van der Waals surface area contributed by atoms with Gasteiger partial charge in [-0.05, 0) is 128 Å². The van der Waals surface area contributed by atoms with Crippen molar-refractivity contribution in [3.05, 3.63) is 196 Å². The van der Waals surface area contributed by atoms with Gasteiger partial charge in [0.1, 0.15) is 33.2 Å². The van der Waals surface area contributed by atoms with E-state index in [0.29, 0.717) is 83.8 Å². The van der Waals surface area contributed by atoms with E-state index in [1.165, 1.54) is 0 Å². The van der Waals surface area contributed by atoms with Gasteiger partial charge in [-0.25, -0.2) is 0 Å². The molecule has 3 aliphatic rings. The average molecular weight is 897 g/mol. The molecule has 3 aromatic carbocycles. The summed E-state index contributed by atoms with van der Waals surface area (Å²) in [5, 5.41) is 1.20. The molecule has 9 aromatic rings. The maximum atomic E-state index is 16.6. The first kappa shape index (κ1) is 40.4. The van der Waals surface area contributed by atoms with Crippen LogP contribution in [-0.2, 0) is 4.57 Å². The molecule has 0 fully saturated rings. The highest BCUT2D eigenvalue weighted by molar-refractivity contribution is 7.86. The Kier molecular flexibility index (Phi) is 9.55. The van der Waals surface area contributed by atoms with Crippen molar-refractivity contribution in [1.29, 1.82) is 0 Å². The Morgan fingerprint density at radius 3 is 0.868 bits per heavy atom. The third-order valence-corrected chi connectivity index (χ3v) is 14.9. The predicted molar refractivity (Wildman–Crippen MR) is 261 cm³/mol. The Morgan fingerprint density at radius 1 is 0.338 bits per heavy atom. The summed E-state index contributed by atoms with van der Waals surface area (Å²) in [6.45, 7) is 5.99. The zero-order chi connectivity index (χ0) is 45.9. The zero-order valence-electron chi connectivity index (χ0n) is 36.6. The van der Waals surface area contributed by atoms with Gasteiger partial charge < -0.3 is 18.8 Å². The van der Waals surface area contributed by atoms with Crippen LogP contribution in [0.5, 0.6) is 34.5 Å². The minimum Gasteiger partial charge on any atom is -0.454 e. The Bertz CT molecular complexity index is 3400. The predicted octanol–water partition coefficient (Wildman–Crippen LogP) is 10.1. The molecular formula is C57H33N6O4P. The summed E-state index contributed by atoms with van der Waals surface area (Å²) in [6, 6.07) is 34.0. The molecule has 0 saturated carbocycles. The normalized spacial score (nSPS) is 12.5. The Balaban J connectivity index is 0.948. The fourth-order valence-corrected chi connectivity index (χ4v) is 11.5. The number of hydrogen-bond acceptors (Lipinski definition) is 10. The van der Waals surface area contributed by atoms with Crippen molar-refractivity contribution in [2.75, 3.05) is 0 Å². The van der Waals surface area contributed by atoms with Gasteiger partial charge >= 0.3 is 0 Å². The molecule has 0 radical (unpaired) electrons. The minimum absolute atomic E-state index is 0.350. The first-order valence-electron chi connectivity index (χ1n) is 21.6. The van der Waals surface area contributed by atoms with Crippen molar-refractivity contribution < 1.29 is 18.8 Å². The second kappa shape index (κ2) is 16.1. The van der Waals surface area contributed by atoms with Gasteiger partial charge in [-0.15, -0.1) is 0 Å². The first-order valence-corrected chi connectivity index (χ1v) is 23.4. The van der Waals surface area contributed by atoms with Crippen LogP contribution in [0.1, 0.15) is 50.1 Å². The van der Waals surface area contributed by atoms with Crippen LogP contribution in [0.15, 0.2) is 146 Å². The molecule has 320 valence electrons. The first-order chi connectivity index (χ1) is 33.2. The highest BCUT2D eigenvalue weighted by Gasteiger charge is 2.54. The lowest BCUT2D eigenvalue weighted by Crippen LogP contribution is -2.39. The molecule has 3 aliphatic heterocycles. The molecule has 0 aliphatic carbocycles. The Hall–Kier alpha value is -9.13. The van der Waals surface area contributed by atoms with E-state index in [-0.39, 0.29) is 0 Å². The van der Waals surface area contributed by atoms with Gasteiger partial charge in [0.2, 0.25) is 0 Å². The minimum atomic E-state index is -3.82. The topological polar surface area (TPSA) is 122 Å². The van der Waals surface area contributed by atoms with E-state index < -0.39 is 7.14 Å². The highest BCUT2D eigenvalue weighted by atomic mass is 31.2. The smallest absolute Gasteiger partial charge is 0.193 e. The van der Waals surface area contributed by atoms with Crippen LogP contribution in [0.2, 0.25) is 0 Å². The summed E-state index contributed by atoms with van der Waals surface area (Å²) < 4.78 is 36.8. The van der Waals surface area contributed by atoms with E-state index in [4.69, 9.17) is 14.2 Å². The number of benzene rings is 3. The SMILES string of the molecule is Cc1ccc(-c2ccc(C#Cc3ccc4c5c3Oc3ccc(C#Cc6ccc(-c7ccc(C)cn7)nc6)c6c3P5(=O)c3c(ccc(C#Cc5ccc(-c7ccc(C)cn7)nc5)c3O4)O6)cn2)nc1. The van der Waals surface area contributed by atoms with Crippen molar-refractivity contribution in [1.82, 2.24) is 29.9 Å². The van der Waals surface area contributed by atoms with Crippen LogP contribution in [0.4, 0.5) is 0 Å². The number of ether oxygens (including phenoxy) is 3. The van der Waals surface area contributed by atoms with E-state index in [1.54, 1.807) is 36.8 Å². The van der Waals surface area contributed by atoms with Crippen molar-refractivity contribution in [2.45, 2.75) is 20.8 Å². The molecule has 0 spiro atoms. The summed E-state index contributed by atoms with van der Waals surface area (Å²) in [4.78, 5) is 27.4. The summed E-state index contributed by atoms with van der Waals surface area (Å²) in [5.41, 5.74) is 11.4. The summed E-state index contributed by atoms with van der Waals surface area (Å²) in [5.74, 6) is 21.7. The molecule has 0 atom stereocenters. The van der Waals surface area contributed by atoms with Crippen molar-refractivity contribution in [3.63, 3.8) is 0 Å². The molecule has 9 heterocycles. The largest absolute Gasteiger partial charge is 0.454 e. The molecule has 10 nitrogen and oxygen atoms in total.